The third-order valence-electron chi connectivity index (χ3n) is 4.16. The first-order valence-corrected chi connectivity index (χ1v) is 8.32. The molecule has 0 aliphatic carbocycles. The van der Waals surface area contributed by atoms with Gasteiger partial charge in [-0.3, -0.25) is 0 Å². The zero-order valence-corrected chi connectivity index (χ0v) is 13.2. The van der Waals surface area contributed by atoms with Gasteiger partial charge < -0.3 is 9.88 Å². The molecule has 0 unspecified atom stereocenters. The summed E-state index contributed by atoms with van der Waals surface area (Å²) in [7, 11) is 0. The maximum atomic E-state index is 12.7. The van der Waals surface area contributed by atoms with Gasteiger partial charge in [-0.1, -0.05) is 0 Å². The zero-order valence-electron chi connectivity index (χ0n) is 12.4. The first-order valence-electron chi connectivity index (χ1n) is 7.44. The molecule has 3 aromatic heterocycles. The van der Waals surface area contributed by atoms with Gasteiger partial charge in [-0.25, -0.2) is 19.9 Å². The first-order chi connectivity index (χ1) is 11.5. The lowest BCUT2D eigenvalue weighted by atomic mass is 9.97. The van der Waals surface area contributed by atoms with Crippen LogP contribution in [0.2, 0.25) is 0 Å². The largest absolute Gasteiger partial charge is 0.434 e. The lowest BCUT2D eigenvalue weighted by Crippen LogP contribution is -2.33. The molecule has 0 aromatic carbocycles. The number of nitrogens with zero attached hydrogens (tertiary/aromatic N) is 5. The van der Waals surface area contributed by atoms with Crippen LogP contribution in [0.15, 0.2) is 18.0 Å². The van der Waals surface area contributed by atoms with Gasteiger partial charge in [0.2, 0.25) is 0 Å². The van der Waals surface area contributed by atoms with Crippen LogP contribution in [0.4, 0.5) is 19.0 Å². The van der Waals surface area contributed by atoms with Crippen molar-refractivity contribution in [2.45, 2.75) is 24.9 Å². The number of H-pyrrole nitrogens is 1. The molecule has 0 radical (unpaired) electrons. The molecule has 1 aliphatic rings. The highest BCUT2D eigenvalue weighted by Gasteiger charge is 2.35. The molecule has 24 heavy (non-hydrogen) atoms. The smallest absolute Gasteiger partial charge is 0.355 e. The van der Waals surface area contributed by atoms with Crippen LogP contribution in [-0.4, -0.2) is 38.0 Å². The number of hydrogen-bond donors (Lipinski definition) is 1. The van der Waals surface area contributed by atoms with Gasteiger partial charge >= 0.3 is 6.18 Å². The van der Waals surface area contributed by atoms with Gasteiger partial charge in [0.25, 0.3) is 0 Å². The molecule has 6 nitrogen and oxygen atoms in total. The minimum atomic E-state index is -4.37. The fourth-order valence-corrected chi connectivity index (χ4v) is 3.93. The van der Waals surface area contributed by atoms with E-state index in [0.29, 0.717) is 23.7 Å². The number of nitrogens with one attached hydrogen (secondary N) is 1. The molecular weight excluding hydrogens is 341 g/mol. The van der Waals surface area contributed by atoms with Crippen LogP contribution in [0.5, 0.6) is 0 Å². The van der Waals surface area contributed by atoms with Crippen molar-refractivity contribution >= 4 is 28.3 Å². The van der Waals surface area contributed by atoms with Gasteiger partial charge in [0.05, 0.1) is 11.3 Å². The molecule has 0 amide bonds. The third-order valence-corrected chi connectivity index (χ3v) is 5.17. The van der Waals surface area contributed by atoms with Crippen LogP contribution in [0.1, 0.15) is 29.5 Å². The average Bonchev–Trinajstić information content (AvgIpc) is 3.23. The predicted molar refractivity (Wildman–Crippen MR) is 83.0 cm³/mol. The zero-order chi connectivity index (χ0) is 16.7. The SMILES string of the molecule is FC(F)(F)c1csc(C2CCN(c3ncnc4nc[nH]c34)CC2)n1. The van der Waals surface area contributed by atoms with Crippen molar-refractivity contribution < 1.29 is 13.2 Å². The number of halogens is 3. The van der Waals surface area contributed by atoms with E-state index in [1.165, 1.54) is 6.33 Å². The van der Waals surface area contributed by atoms with Crippen molar-refractivity contribution in [1.82, 2.24) is 24.9 Å². The Morgan fingerprint density at radius 3 is 2.67 bits per heavy atom. The second-order valence-electron chi connectivity index (χ2n) is 5.63. The topological polar surface area (TPSA) is 70.6 Å². The Hall–Kier alpha value is -2.23. The lowest BCUT2D eigenvalue weighted by Gasteiger charge is -2.31. The molecule has 1 saturated heterocycles. The summed E-state index contributed by atoms with van der Waals surface area (Å²) in [5.41, 5.74) is 0.598. The van der Waals surface area contributed by atoms with E-state index in [0.717, 1.165) is 40.9 Å². The number of anilines is 1. The molecule has 1 aliphatic heterocycles. The molecule has 0 bridgehead atoms. The molecule has 1 N–H and O–H groups in total. The van der Waals surface area contributed by atoms with Gasteiger partial charge in [-0.15, -0.1) is 11.3 Å². The Morgan fingerprint density at radius 2 is 1.96 bits per heavy atom. The summed E-state index contributed by atoms with van der Waals surface area (Å²) >= 11 is 1.09. The number of aromatic nitrogens is 5. The highest BCUT2D eigenvalue weighted by molar-refractivity contribution is 7.09. The fourth-order valence-electron chi connectivity index (χ4n) is 2.94. The van der Waals surface area contributed by atoms with E-state index in [1.807, 2.05) is 0 Å². The van der Waals surface area contributed by atoms with Gasteiger partial charge in [-0.2, -0.15) is 13.2 Å². The summed E-state index contributed by atoms with van der Waals surface area (Å²) in [6, 6.07) is 0. The van der Waals surface area contributed by atoms with Crippen molar-refractivity contribution in [3.63, 3.8) is 0 Å². The maximum Gasteiger partial charge on any atom is 0.434 e. The molecule has 4 rings (SSSR count). The Bertz CT molecular complexity index is 849. The summed E-state index contributed by atoms with van der Waals surface area (Å²) in [4.78, 5) is 21.4. The van der Waals surface area contributed by atoms with Gasteiger partial charge in [0, 0.05) is 24.4 Å². The number of rotatable bonds is 2. The lowest BCUT2D eigenvalue weighted by molar-refractivity contribution is -0.140. The van der Waals surface area contributed by atoms with Crippen LogP contribution in [-0.2, 0) is 6.18 Å². The van der Waals surface area contributed by atoms with E-state index in [2.05, 4.69) is 29.8 Å². The highest BCUT2D eigenvalue weighted by atomic mass is 32.1. The summed E-state index contributed by atoms with van der Waals surface area (Å²) < 4.78 is 38.0. The molecule has 0 atom stereocenters. The number of piperidine rings is 1. The van der Waals surface area contributed by atoms with Crippen LogP contribution in [0, 0.1) is 0 Å². The second kappa shape index (κ2) is 5.69. The van der Waals surface area contributed by atoms with Crippen molar-refractivity contribution in [2.24, 2.45) is 0 Å². The number of thiazole rings is 1. The Labute approximate surface area is 138 Å². The molecule has 10 heteroatoms. The molecule has 4 heterocycles. The maximum absolute atomic E-state index is 12.7. The fraction of sp³-hybridized carbons (Fsp3) is 0.429. The van der Waals surface area contributed by atoms with Crippen molar-refractivity contribution in [1.29, 1.82) is 0 Å². The average molecular weight is 354 g/mol. The minimum Gasteiger partial charge on any atom is -0.355 e. The van der Waals surface area contributed by atoms with E-state index in [4.69, 9.17) is 0 Å². The second-order valence-corrected chi connectivity index (χ2v) is 6.52. The third kappa shape index (κ3) is 2.70. The van der Waals surface area contributed by atoms with Gasteiger partial charge in [0.15, 0.2) is 17.2 Å². The predicted octanol–water partition coefficient (Wildman–Crippen LogP) is 3.21. The molecule has 126 valence electrons. The number of fused-ring (bicyclic) bond motifs is 1. The van der Waals surface area contributed by atoms with E-state index in [-0.39, 0.29) is 5.92 Å². The molecule has 0 spiro atoms. The van der Waals surface area contributed by atoms with Crippen LogP contribution < -0.4 is 4.90 Å². The number of hydrogen-bond acceptors (Lipinski definition) is 6. The monoisotopic (exact) mass is 354 g/mol. The number of alkyl halides is 3. The van der Waals surface area contributed by atoms with E-state index >= 15 is 0 Å². The van der Waals surface area contributed by atoms with Crippen LogP contribution in [0.3, 0.4) is 0 Å². The van der Waals surface area contributed by atoms with E-state index in [1.54, 1.807) is 6.33 Å². The van der Waals surface area contributed by atoms with Crippen molar-refractivity contribution in [2.75, 3.05) is 18.0 Å². The van der Waals surface area contributed by atoms with Crippen LogP contribution >= 0.6 is 11.3 Å². The van der Waals surface area contributed by atoms with E-state index in [9.17, 15) is 13.2 Å². The van der Waals surface area contributed by atoms with Gasteiger partial charge in [-0.05, 0) is 12.8 Å². The van der Waals surface area contributed by atoms with E-state index < -0.39 is 11.9 Å². The summed E-state index contributed by atoms with van der Waals surface area (Å²) in [5, 5.41) is 1.66. The van der Waals surface area contributed by atoms with Gasteiger partial charge in [0.1, 0.15) is 11.8 Å². The number of imidazole rings is 1. The number of aromatic amines is 1. The highest BCUT2D eigenvalue weighted by Crippen LogP contribution is 2.36. The summed E-state index contributed by atoms with van der Waals surface area (Å²) in [6.07, 6.45) is 0.155. The Balaban J connectivity index is 1.49. The molecular formula is C14H13F3N6S. The summed E-state index contributed by atoms with van der Waals surface area (Å²) in [6.45, 7) is 1.41. The van der Waals surface area contributed by atoms with Crippen molar-refractivity contribution in [3.8, 4) is 0 Å². The minimum absolute atomic E-state index is 0.0569. The Kier molecular flexibility index (Phi) is 3.63. The quantitative estimate of drug-likeness (QED) is 0.765. The molecule has 3 aromatic rings. The standard InChI is InChI=1S/C14H13F3N6S/c15-14(16,17)9-5-24-13(22-9)8-1-3-23(4-2-8)12-10-11(19-6-18-10)20-7-21-12/h5-8H,1-4H2,(H,18,19,20,21). The molecule has 0 saturated carbocycles. The molecule has 1 fully saturated rings. The Morgan fingerprint density at radius 1 is 1.17 bits per heavy atom. The summed E-state index contributed by atoms with van der Waals surface area (Å²) in [5.74, 6) is 0.840. The van der Waals surface area contributed by atoms with Crippen molar-refractivity contribution in [3.05, 3.63) is 28.7 Å². The first kappa shape index (κ1) is 15.3. The normalized spacial score (nSPS) is 16.9. The van der Waals surface area contributed by atoms with Crippen LogP contribution in [0.25, 0.3) is 11.2 Å².